The topological polar surface area (TPSA) is 117 Å². The standard InChI is InChI=1S/C24H25N7O3S/c1-15(2)34-24(33)20-17-10-6-7-11-19(17)35-23(20)25-22(32)18-12-13-30(27-18)14-31-28-21(26-29-31)16-8-4-3-5-9-16/h3-5,8-9,12-13,15H,6-7,10-11,14H2,1-2H3,(H,25,32). The smallest absolute Gasteiger partial charge is 0.341 e. The van der Waals surface area contributed by atoms with E-state index in [9.17, 15) is 9.59 Å². The molecule has 3 heterocycles. The number of rotatable bonds is 7. The highest BCUT2D eigenvalue weighted by Gasteiger charge is 2.28. The van der Waals surface area contributed by atoms with Crippen LogP contribution in [0.1, 0.15) is 58.0 Å². The molecule has 1 amide bonds. The number of nitrogens with zero attached hydrogens (tertiary/aromatic N) is 6. The van der Waals surface area contributed by atoms with Gasteiger partial charge in [-0.2, -0.15) is 5.10 Å². The zero-order valence-electron chi connectivity index (χ0n) is 19.5. The second-order valence-corrected chi connectivity index (χ2v) is 9.66. The lowest BCUT2D eigenvalue weighted by atomic mass is 9.95. The maximum Gasteiger partial charge on any atom is 0.341 e. The minimum Gasteiger partial charge on any atom is -0.459 e. The molecule has 11 heteroatoms. The van der Waals surface area contributed by atoms with Crippen LogP contribution in [0.4, 0.5) is 5.00 Å². The second-order valence-electron chi connectivity index (χ2n) is 8.56. The van der Waals surface area contributed by atoms with Crippen molar-refractivity contribution in [1.82, 2.24) is 30.0 Å². The van der Waals surface area contributed by atoms with Crippen molar-refractivity contribution in [3.05, 3.63) is 64.3 Å². The van der Waals surface area contributed by atoms with Crippen molar-refractivity contribution < 1.29 is 14.3 Å². The fraction of sp³-hybridized carbons (Fsp3) is 0.333. The van der Waals surface area contributed by atoms with Crippen molar-refractivity contribution >= 4 is 28.2 Å². The van der Waals surface area contributed by atoms with Gasteiger partial charge in [-0.3, -0.25) is 4.79 Å². The quantitative estimate of drug-likeness (QED) is 0.391. The van der Waals surface area contributed by atoms with Crippen LogP contribution in [0, 0.1) is 0 Å². The lowest BCUT2D eigenvalue weighted by Gasteiger charge is -2.14. The van der Waals surface area contributed by atoms with Gasteiger partial charge in [0.05, 0.1) is 11.7 Å². The number of amides is 1. The highest BCUT2D eigenvalue weighted by atomic mass is 32.1. The van der Waals surface area contributed by atoms with Crippen molar-refractivity contribution in [3.63, 3.8) is 0 Å². The number of tetrazole rings is 1. The molecule has 0 unspecified atom stereocenters. The number of esters is 1. The van der Waals surface area contributed by atoms with Gasteiger partial charge in [-0.25, -0.2) is 9.48 Å². The summed E-state index contributed by atoms with van der Waals surface area (Å²) in [6.45, 7) is 3.83. The lowest BCUT2D eigenvalue weighted by Crippen LogP contribution is -2.18. The third-order valence-corrected chi connectivity index (χ3v) is 6.78. The van der Waals surface area contributed by atoms with Gasteiger partial charge in [0.15, 0.2) is 12.4 Å². The van der Waals surface area contributed by atoms with E-state index in [4.69, 9.17) is 4.74 Å². The zero-order valence-corrected chi connectivity index (χ0v) is 20.3. The van der Waals surface area contributed by atoms with Gasteiger partial charge >= 0.3 is 5.97 Å². The van der Waals surface area contributed by atoms with Gasteiger partial charge in [0.25, 0.3) is 5.91 Å². The van der Waals surface area contributed by atoms with Crippen molar-refractivity contribution in [2.45, 2.75) is 52.3 Å². The molecule has 1 aliphatic rings. The van der Waals surface area contributed by atoms with Crippen LogP contribution in [0.25, 0.3) is 11.4 Å². The van der Waals surface area contributed by atoms with Gasteiger partial charge in [-0.05, 0) is 56.4 Å². The van der Waals surface area contributed by atoms with E-state index in [1.807, 2.05) is 44.2 Å². The van der Waals surface area contributed by atoms with Crippen LogP contribution >= 0.6 is 11.3 Å². The van der Waals surface area contributed by atoms with Crippen LogP contribution in [0.3, 0.4) is 0 Å². The average molecular weight is 492 g/mol. The molecule has 35 heavy (non-hydrogen) atoms. The largest absolute Gasteiger partial charge is 0.459 e. The van der Waals surface area contributed by atoms with Crippen LogP contribution in [0.5, 0.6) is 0 Å². The maximum atomic E-state index is 13.0. The Balaban J connectivity index is 1.31. The van der Waals surface area contributed by atoms with Crippen LogP contribution in [-0.2, 0) is 24.2 Å². The van der Waals surface area contributed by atoms with E-state index in [-0.39, 0.29) is 18.5 Å². The highest BCUT2D eigenvalue weighted by molar-refractivity contribution is 7.17. The normalized spacial score (nSPS) is 13.0. The Morgan fingerprint density at radius 1 is 1.11 bits per heavy atom. The summed E-state index contributed by atoms with van der Waals surface area (Å²) in [7, 11) is 0. The third kappa shape index (κ3) is 4.99. The summed E-state index contributed by atoms with van der Waals surface area (Å²) in [4.78, 5) is 28.4. The first-order valence-electron chi connectivity index (χ1n) is 11.5. The van der Waals surface area contributed by atoms with Crippen molar-refractivity contribution in [2.75, 3.05) is 5.32 Å². The Bertz CT molecular complexity index is 1360. The Kier molecular flexibility index (Phi) is 6.41. The number of aryl methyl sites for hydroxylation is 1. The summed E-state index contributed by atoms with van der Waals surface area (Å²) in [5.41, 5.74) is 2.57. The Labute approximate surface area is 205 Å². The molecular weight excluding hydrogens is 466 g/mol. The summed E-state index contributed by atoms with van der Waals surface area (Å²) in [6.07, 6.45) is 5.25. The molecule has 5 rings (SSSR count). The Morgan fingerprint density at radius 3 is 2.71 bits per heavy atom. The molecule has 1 N–H and O–H groups in total. The number of hydrogen-bond donors (Lipinski definition) is 1. The molecule has 0 aliphatic heterocycles. The van der Waals surface area contributed by atoms with Crippen LogP contribution in [-0.4, -0.2) is 48.0 Å². The SMILES string of the molecule is CC(C)OC(=O)c1c(NC(=O)c2ccn(Cn3nnc(-c4ccccc4)n3)n2)sc2c1CCCC2. The summed E-state index contributed by atoms with van der Waals surface area (Å²) >= 11 is 1.45. The first kappa shape index (κ1) is 22.9. The molecule has 0 saturated heterocycles. The third-order valence-electron chi connectivity index (χ3n) is 5.57. The van der Waals surface area contributed by atoms with Gasteiger partial charge in [-0.15, -0.1) is 26.3 Å². The summed E-state index contributed by atoms with van der Waals surface area (Å²) < 4.78 is 7.02. The van der Waals surface area contributed by atoms with Crippen LogP contribution < -0.4 is 5.32 Å². The molecular formula is C24H25N7O3S. The number of carbonyl (C=O) groups is 2. The summed E-state index contributed by atoms with van der Waals surface area (Å²) in [5.74, 6) is -0.276. The predicted octanol–water partition coefficient (Wildman–Crippen LogP) is 3.80. The van der Waals surface area contributed by atoms with E-state index in [1.54, 1.807) is 16.9 Å². The Morgan fingerprint density at radius 2 is 1.91 bits per heavy atom. The van der Waals surface area contributed by atoms with Gasteiger partial charge < -0.3 is 10.1 Å². The van der Waals surface area contributed by atoms with Crippen molar-refractivity contribution in [1.29, 1.82) is 0 Å². The number of ether oxygens (including phenoxy) is 1. The maximum absolute atomic E-state index is 13.0. The lowest BCUT2D eigenvalue weighted by molar-refractivity contribution is 0.0378. The molecule has 10 nitrogen and oxygen atoms in total. The number of benzene rings is 1. The molecule has 0 bridgehead atoms. The average Bonchev–Trinajstić information content (AvgIpc) is 3.58. The number of fused-ring (bicyclic) bond motifs is 1. The molecule has 1 aromatic carbocycles. The number of anilines is 1. The van der Waals surface area contributed by atoms with Crippen molar-refractivity contribution in [3.8, 4) is 11.4 Å². The Hall–Kier alpha value is -3.86. The highest BCUT2D eigenvalue weighted by Crippen LogP contribution is 2.39. The number of nitrogens with one attached hydrogen (secondary N) is 1. The van der Waals surface area contributed by atoms with E-state index in [0.29, 0.717) is 16.4 Å². The summed E-state index contributed by atoms with van der Waals surface area (Å²) in [5, 5.41) is 20.3. The number of carbonyl (C=O) groups excluding carboxylic acids is 2. The van der Waals surface area contributed by atoms with Crippen LogP contribution in [0.2, 0.25) is 0 Å². The zero-order chi connectivity index (χ0) is 24.4. The van der Waals surface area contributed by atoms with E-state index in [0.717, 1.165) is 41.7 Å². The number of hydrogen-bond acceptors (Lipinski definition) is 8. The second kappa shape index (κ2) is 9.79. The minimum absolute atomic E-state index is 0.201. The van der Waals surface area contributed by atoms with E-state index in [2.05, 4.69) is 25.8 Å². The van der Waals surface area contributed by atoms with Gasteiger partial charge in [0.1, 0.15) is 5.00 Å². The van der Waals surface area contributed by atoms with Gasteiger partial charge in [0.2, 0.25) is 5.82 Å². The predicted molar refractivity (Wildman–Crippen MR) is 130 cm³/mol. The first-order chi connectivity index (χ1) is 17.0. The monoisotopic (exact) mass is 491 g/mol. The minimum atomic E-state index is -0.397. The van der Waals surface area contributed by atoms with Gasteiger partial charge in [0, 0.05) is 16.6 Å². The molecule has 0 radical (unpaired) electrons. The van der Waals surface area contributed by atoms with Crippen LogP contribution in [0.15, 0.2) is 42.6 Å². The van der Waals surface area contributed by atoms with E-state index in [1.165, 1.54) is 16.1 Å². The fourth-order valence-corrected chi connectivity index (χ4v) is 5.28. The number of thiophene rings is 1. The van der Waals surface area contributed by atoms with Gasteiger partial charge in [-0.1, -0.05) is 30.3 Å². The number of aromatic nitrogens is 6. The molecule has 0 atom stereocenters. The molecule has 0 saturated carbocycles. The van der Waals surface area contributed by atoms with E-state index < -0.39 is 11.9 Å². The first-order valence-corrected chi connectivity index (χ1v) is 12.3. The molecule has 1 aliphatic carbocycles. The fourth-order valence-electron chi connectivity index (χ4n) is 4.01. The van der Waals surface area contributed by atoms with E-state index >= 15 is 0 Å². The molecule has 4 aromatic rings. The summed E-state index contributed by atoms with van der Waals surface area (Å²) in [6, 6.07) is 11.2. The molecule has 180 valence electrons. The molecule has 0 fully saturated rings. The van der Waals surface area contributed by atoms with Crippen molar-refractivity contribution in [2.24, 2.45) is 0 Å². The molecule has 0 spiro atoms. The molecule has 3 aromatic heterocycles.